The molecule has 0 unspecified atom stereocenters. The average Bonchev–Trinajstić information content (AvgIpc) is 3.02. The molecule has 0 radical (unpaired) electrons. The summed E-state index contributed by atoms with van der Waals surface area (Å²) >= 11 is 8.32. The van der Waals surface area contributed by atoms with Crippen molar-refractivity contribution in [3.05, 3.63) is 37.9 Å². The van der Waals surface area contributed by atoms with Crippen molar-refractivity contribution in [2.24, 2.45) is 0 Å². The number of nitrogens with one attached hydrogen (secondary N) is 1. The normalized spacial score (nSPS) is 11.2. The lowest BCUT2D eigenvalue weighted by molar-refractivity contribution is 0.350. The Kier molecular flexibility index (Phi) is 5.43. The van der Waals surface area contributed by atoms with Crippen molar-refractivity contribution in [2.75, 3.05) is 6.61 Å². The van der Waals surface area contributed by atoms with E-state index in [0.29, 0.717) is 4.34 Å². The smallest absolute Gasteiger partial charge is 0.250 e. The van der Waals surface area contributed by atoms with Crippen LogP contribution in [0.25, 0.3) is 0 Å². The molecule has 2 heterocycles. The van der Waals surface area contributed by atoms with Gasteiger partial charge in [0.05, 0.1) is 9.21 Å². The van der Waals surface area contributed by atoms with Crippen LogP contribution in [0.1, 0.15) is 15.3 Å². The van der Waals surface area contributed by atoms with Crippen LogP contribution in [0.5, 0.6) is 0 Å². The van der Waals surface area contributed by atoms with Gasteiger partial charge in [-0.15, -0.1) is 22.7 Å². The summed E-state index contributed by atoms with van der Waals surface area (Å²) in [6, 6.07) is 5.16. The van der Waals surface area contributed by atoms with Crippen molar-refractivity contribution in [3.63, 3.8) is 0 Å². The highest BCUT2D eigenvalue weighted by molar-refractivity contribution is 7.91. The van der Waals surface area contributed by atoms with Crippen LogP contribution in [0.15, 0.2) is 22.4 Å². The molecule has 21 heavy (non-hydrogen) atoms. The monoisotopic (exact) mass is 361 g/mol. The summed E-state index contributed by atoms with van der Waals surface area (Å²) in [6.45, 7) is 1.77. The van der Waals surface area contributed by atoms with E-state index in [-0.39, 0.29) is 17.4 Å². The third-order valence-electron chi connectivity index (χ3n) is 2.49. The molecule has 0 spiro atoms. The number of aliphatic hydroxyl groups is 1. The van der Waals surface area contributed by atoms with E-state index >= 15 is 0 Å². The van der Waals surface area contributed by atoms with Crippen LogP contribution in [0, 0.1) is 18.8 Å². The van der Waals surface area contributed by atoms with Crippen molar-refractivity contribution >= 4 is 44.3 Å². The fourth-order valence-corrected chi connectivity index (χ4v) is 5.14. The molecule has 0 aromatic carbocycles. The quantitative estimate of drug-likeness (QED) is 0.822. The minimum atomic E-state index is -3.55. The van der Waals surface area contributed by atoms with Gasteiger partial charge in [-0.3, -0.25) is 0 Å². The van der Waals surface area contributed by atoms with Gasteiger partial charge in [-0.2, -0.15) is 0 Å². The highest BCUT2D eigenvalue weighted by atomic mass is 35.5. The Morgan fingerprint density at radius 2 is 2.14 bits per heavy atom. The molecule has 8 heteroatoms. The average molecular weight is 362 g/mol. The Labute approximate surface area is 136 Å². The Morgan fingerprint density at radius 3 is 2.76 bits per heavy atom. The lowest BCUT2D eigenvalue weighted by atomic mass is 10.4. The van der Waals surface area contributed by atoms with Crippen molar-refractivity contribution in [1.82, 2.24) is 4.72 Å². The SMILES string of the molecule is Cc1cc(S(=O)(=O)NCc2ccc(C#CCO)s2)sc1Cl. The summed E-state index contributed by atoms with van der Waals surface area (Å²) in [5.41, 5.74) is 0.750. The minimum absolute atomic E-state index is 0.196. The first-order valence-electron chi connectivity index (χ1n) is 5.86. The zero-order chi connectivity index (χ0) is 15.5. The molecule has 2 N–H and O–H groups in total. The Bertz CT molecular complexity index is 777. The third-order valence-corrected chi connectivity index (χ3v) is 6.92. The molecule has 4 nitrogen and oxygen atoms in total. The molecule has 0 bridgehead atoms. The molecule has 0 aliphatic heterocycles. The maximum atomic E-state index is 12.1. The van der Waals surface area contributed by atoms with E-state index in [4.69, 9.17) is 16.7 Å². The molecule has 0 saturated heterocycles. The number of hydrogen-bond acceptors (Lipinski definition) is 5. The Morgan fingerprint density at radius 1 is 1.38 bits per heavy atom. The number of halogens is 1. The van der Waals surface area contributed by atoms with Gasteiger partial charge in [0.25, 0.3) is 0 Å². The number of sulfonamides is 1. The number of thiophene rings is 2. The van der Waals surface area contributed by atoms with Gasteiger partial charge >= 0.3 is 0 Å². The maximum Gasteiger partial charge on any atom is 0.250 e. The van der Waals surface area contributed by atoms with Crippen LogP contribution < -0.4 is 4.72 Å². The van der Waals surface area contributed by atoms with Gasteiger partial charge in [0.15, 0.2) is 0 Å². The van der Waals surface area contributed by atoms with Crippen molar-refractivity contribution in [2.45, 2.75) is 17.7 Å². The molecule has 0 amide bonds. The summed E-state index contributed by atoms with van der Waals surface area (Å²) in [7, 11) is -3.55. The summed E-state index contributed by atoms with van der Waals surface area (Å²) in [5.74, 6) is 5.33. The molecule has 0 aliphatic rings. The number of rotatable bonds is 4. The van der Waals surface area contributed by atoms with Gasteiger partial charge in [-0.1, -0.05) is 23.4 Å². The fraction of sp³-hybridized carbons (Fsp3) is 0.231. The maximum absolute atomic E-state index is 12.1. The van der Waals surface area contributed by atoms with Crippen molar-refractivity contribution in [1.29, 1.82) is 0 Å². The molecular formula is C13H12ClNO3S3. The highest BCUT2D eigenvalue weighted by Gasteiger charge is 2.18. The van der Waals surface area contributed by atoms with E-state index in [1.807, 2.05) is 0 Å². The molecule has 2 rings (SSSR count). The molecule has 2 aromatic heterocycles. The van der Waals surface area contributed by atoms with Crippen molar-refractivity contribution < 1.29 is 13.5 Å². The second-order valence-electron chi connectivity index (χ2n) is 4.07. The van der Waals surface area contributed by atoms with Gasteiger partial charge in [0.2, 0.25) is 10.0 Å². The molecule has 0 saturated carbocycles. The lowest BCUT2D eigenvalue weighted by Crippen LogP contribution is -2.21. The first-order valence-corrected chi connectivity index (χ1v) is 9.36. The van der Waals surface area contributed by atoms with Crippen LogP contribution in [0.3, 0.4) is 0 Å². The van der Waals surface area contributed by atoms with Crippen molar-refractivity contribution in [3.8, 4) is 11.8 Å². The summed E-state index contributed by atoms with van der Waals surface area (Å²) < 4.78 is 27.5. The fourth-order valence-electron chi connectivity index (χ4n) is 1.47. The number of aryl methyl sites for hydroxylation is 1. The number of aliphatic hydroxyl groups excluding tert-OH is 1. The predicted octanol–water partition coefficient (Wildman–Crippen LogP) is 2.59. The molecule has 0 fully saturated rings. The van der Waals surface area contributed by atoms with E-state index in [2.05, 4.69) is 16.6 Å². The third kappa shape index (κ3) is 4.30. The molecule has 0 atom stereocenters. The van der Waals surface area contributed by atoms with Crippen LogP contribution >= 0.6 is 34.3 Å². The standard InChI is InChI=1S/C13H12ClNO3S3/c1-9-7-12(20-13(9)14)21(17,18)15-8-11-5-4-10(19-11)3-2-6-16/h4-5,7,15-16H,6,8H2,1H3. The van der Waals surface area contributed by atoms with E-state index in [1.165, 1.54) is 11.3 Å². The largest absolute Gasteiger partial charge is 0.384 e. The summed E-state index contributed by atoms with van der Waals surface area (Å²) in [5, 5.41) is 8.62. The van der Waals surface area contributed by atoms with E-state index in [1.54, 1.807) is 25.1 Å². The highest BCUT2D eigenvalue weighted by Crippen LogP contribution is 2.30. The number of hydrogen-bond donors (Lipinski definition) is 2. The van der Waals surface area contributed by atoms with Gasteiger partial charge in [0.1, 0.15) is 10.8 Å². The van der Waals surface area contributed by atoms with Crippen LogP contribution in [-0.4, -0.2) is 20.1 Å². The Balaban J connectivity index is 2.06. The topological polar surface area (TPSA) is 66.4 Å². The summed E-state index contributed by atoms with van der Waals surface area (Å²) in [6.07, 6.45) is 0. The first-order chi connectivity index (χ1) is 9.92. The van der Waals surface area contributed by atoms with E-state index < -0.39 is 10.0 Å². The second kappa shape index (κ2) is 6.92. The predicted molar refractivity (Wildman–Crippen MR) is 86.4 cm³/mol. The van der Waals surface area contributed by atoms with E-state index in [0.717, 1.165) is 26.7 Å². The van der Waals surface area contributed by atoms with Gasteiger partial charge in [0, 0.05) is 11.4 Å². The molecule has 2 aromatic rings. The molecular weight excluding hydrogens is 350 g/mol. The van der Waals surface area contributed by atoms with Crippen LogP contribution in [0.2, 0.25) is 4.34 Å². The molecule has 112 valence electrons. The van der Waals surface area contributed by atoms with Crippen LogP contribution in [0.4, 0.5) is 0 Å². The van der Waals surface area contributed by atoms with Crippen LogP contribution in [-0.2, 0) is 16.6 Å². The zero-order valence-corrected chi connectivity index (χ0v) is 14.2. The van der Waals surface area contributed by atoms with Gasteiger partial charge in [-0.05, 0) is 30.7 Å². The van der Waals surface area contributed by atoms with E-state index in [9.17, 15) is 8.42 Å². The summed E-state index contributed by atoms with van der Waals surface area (Å²) in [4.78, 5) is 1.63. The second-order valence-corrected chi connectivity index (χ2v) is 8.89. The zero-order valence-electron chi connectivity index (χ0n) is 11.0. The minimum Gasteiger partial charge on any atom is -0.384 e. The Hall–Kier alpha value is -0.880. The van der Waals surface area contributed by atoms with Gasteiger partial charge in [-0.25, -0.2) is 13.1 Å². The molecule has 0 aliphatic carbocycles. The van der Waals surface area contributed by atoms with Gasteiger partial charge < -0.3 is 5.11 Å². The lowest BCUT2D eigenvalue weighted by Gasteiger charge is -2.02. The first kappa shape index (κ1) is 16.5.